The third-order valence-corrected chi connectivity index (χ3v) is 8.05. The largest absolute Gasteiger partial charge is 0.369 e. The average molecular weight is 457 g/mol. The van der Waals surface area contributed by atoms with Gasteiger partial charge in [0.05, 0.1) is 11.4 Å². The number of benzene rings is 2. The van der Waals surface area contributed by atoms with Gasteiger partial charge in [-0.15, -0.1) is 0 Å². The molecule has 2 aliphatic heterocycles. The van der Waals surface area contributed by atoms with Crippen LogP contribution in [0, 0.1) is 0 Å². The Morgan fingerprint density at radius 2 is 1.62 bits per heavy atom. The van der Waals surface area contributed by atoms with E-state index in [0.29, 0.717) is 30.8 Å². The maximum Gasteiger partial charge on any atom is 0.251 e. The number of carbonyl (C=O) groups excluding carboxylic acids is 1. The fourth-order valence-electron chi connectivity index (χ4n) is 4.36. The Balaban J connectivity index is 1.16. The molecule has 0 unspecified atom stereocenters. The summed E-state index contributed by atoms with van der Waals surface area (Å²) in [5, 5.41) is 2.97. The zero-order valence-electron chi connectivity index (χ0n) is 18.4. The van der Waals surface area contributed by atoms with Crippen LogP contribution in [0.25, 0.3) is 0 Å². The lowest BCUT2D eigenvalue weighted by Gasteiger charge is -2.36. The number of nitrogens with zero attached hydrogens (tertiary/aromatic N) is 3. The van der Waals surface area contributed by atoms with E-state index in [9.17, 15) is 13.2 Å². The molecule has 4 rings (SSSR count). The van der Waals surface area contributed by atoms with Crippen molar-refractivity contribution in [3.8, 4) is 0 Å². The third kappa shape index (κ3) is 5.61. The number of anilines is 2. The zero-order chi connectivity index (χ0) is 22.4. The summed E-state index contributed by atoms with van der Waals surface area (Å²) in [5.74, 6) is 0.0185. The molecule has 2 heterocycles. The second-order valence-electron chi connectivity index (χ2n) is 8.42. The summed E-state index contributed by atoms with van der Waals surface area (Å²) in [4.78, 5) is 17.4. The Morgan fingerprint density at radius 1 is 0.875 bits per heavy atom. The van der Waals surface area contributed by atoms with Crippen LogP contribution in [0.1, 0.15) is 29.6 Å². The van der Waals surface area contributed by atoms with E-state index < -0.39 is 10.0 Å². The van der Waals surface area contributed by atoms with Gasteiger partial charge in [0.15, 0.2) is 0 Å². The van der Waals surface area contributed by atoms with Gasteiger partial charge in [0, 0.05) is 50.5 Å². The van der Waals surface area contributed by atoms with Gasteiger partial charge in [-0.05, 0) is 56.1 Å². The van der Waals surface area contributed by atoms with Crippen molar-refractivity contribution in [3.05, 3.63) is 60.2 Å². The van der Waals surface area contributed by atoms with Crippen LogP contribution in [0.4, 0.5) is 11.4 Å². The monoisotopic (exact) mass is 456 g/mol. The van der Waals surface area contributed by atoms with Crippen LogP contribution in [0.5, 0.6) is 0 Å². The first-order chi connectivity index (χ1) is 15.5. The van der Waals surface area contributed by atoms with E-state index in [-0.39, 0.29) is 11.7 Å². The average Bonchev–Trinajstić information content (AvgIpc) is 3.18. The molecule has 172 valence electrons. The summed E-state index contributed by atoms with van der Waals surface area (Å²) in [5.41, 5.74) is 2.37. The molecule has 32 heavy (non-hydrogen) atoms. The second kappa shape index (κ2) is 10.4. The molecule has 0 spiro atoms. The van der Waals surface area contributed by atoms with Gasteiger partial charge in [0.2, 0.25) is 10.0 Å². The lowest BCUT2D eigenvalue weighted by Crippen LogP contribution is -2.46. The van der Waals surface area contributed by atoms with Crippen molar-refractivity contribution in [2.24, 2.45) is 0 Å². The number of para-hydroxylation sites is 1. The number of carbonyl (C=O) groups is 1. The molecule has 0 radical (unpaired) electrons. The van der Waals surface area contributed by atoms with Crippen molar-refractivity contribution >= 4 is 27.3 Å². The highest BCUT2D eigenvalue weighted by molar-refractivity contribution is 7.93. The fourth-order valence-corrected chi connectivity index (χ4v) is 5.92. The van der Waals surface area contributed by atoms with Crippen molar-refractivity contribution in [1.82, 2.24) is 10.2 Å². The number of piperazine rings is 1. The van der Waals surface area contributed by atoms with Gasteiger partial charge in [-0.2, -0.15) is 0 Å². The van der Waals surface area contributed by atoms with Crippen LogP contribution >= 0.6 is 0 Å². The lowest BCUT2D eigenvalue weighted by molar-refractivity contribution is 0.0952. The molecule has 2 aromatic rings. The molecule has 1 amide bonds. The summed E-state index contributed by atoms with van der Waals surface area (Å²) < 4.78 is 25.7. The molecule has 1 N–H and O–H groups in total. The number of unbranched alkanes of at least 4 members (excludes halogenated alkanes) is 1. The summed E-state index contributed by atoms with van der Waals surface area (Å²) in [6.45, 7) is 6.36. The Bertz CT molecular complexity index is 1000. The van der Waals surface area contributed by atoms with E-state index in [0.717, 1.165) is 45.6 Å². The number of amides is 1. The second-order valence-corrected chi connectivity index (χ2v) is 10.4. The van der Waals surface area contributed by atoms with E-state index in [1.165, 1.54) is 9.99 Å². The quantitative estimate of drug-likeness (QED) is 0.618. The maximum atomic E-state index is 12.5. The van der Waals surface area contributed by atoms with Gasteiger partial charge >= 0.3 is 0 Å². The van der Waals surface area contributed by atoms with Crippen LogP contribution in [-0.2, 0) is 10.0 Å². The minimum atomic E-state index is -3.24. The summed E-state index contributed by atoms with van der Waals surface area (Å²) in [6.07, 6.45) is 2.59. The fraction of sp³-hybridized carbons (Fsp3) is 0.458. The number of hydrogen-bond acceptors (Lipinski definition) is 5. The molecule has 2 aromatic carbocycles. The van der Waals surface area contributed by atoms with E-state index in [2.05, 4.69) is 39.4 Å². The Hall–Kier alpha value is -2.58. The van der Waals surface area contributed by atoms with Crippen molar-refractivity contribution in [3.63, 3.8) is 0 Å². The standard InChI is InChI=1S/C24H32N4O3S/c29-24(21-8-6-11-23(20-21)28-14-7-19-32(28,30)31)25-12-4-5-13-26-15-17-27(18-16-26)22-9-2-1-3-10-22/h1-3,6,8-11,20H,4-5,7,12-19H2,(H,25,29). The molecule has 0 saturated carbocycles. The van der Waals surface area contributed by atoms with E-state index in [4.69, 9.17) is 0 Å². The molecule has 8 heteroatoms. The molecule has 2 aliphatic rings. The van der Waals surface area contributed by atoms with Crippen molar-refractivity contribution in [2.75, 3.05) is 60.8 Å². The van der Waals surface area contributed by atoms with Gasteiger partial charge in [-0.1, -0.05) is 24.3 Å². The molecule has 2 fully saturated rings. The van der Waals surface area contributed by atoms with Crippen molar-refractivity contribution < 1.29 is 13.2 Å². The first-order valence-electron chi connectivity index (χ1n) is 11.4. The molecule has 0 bridgehead atoms. The Morgan fingerprint density at radius 3 is 2.34 bits per heavy atom. The maximum absolute atomic E-state index is 12.5. The zero-order valence-corrected chi connectivity index (χ0v) is 19.3. The van der Waals surface area contributed by atoms with Crippen LogP contribution in [0.2, 0.25) is 0 Å². The Kier molecular flexibility index (Phi) is 7.32. The third-order valence-electron chi connectivity index (χ3n) is 6.18. The minimum absolute atomic E-state index is 0.153. The minimum Gasteiger partial charge on any atom is -0.369 e. The molecule has 0 aliphatic carbocycles. The first kappa shape index (κ1) is 22.6. The predicted molar refractivity (Wildman–Crippen MR) is 129 cm³/mol. The number of sulfonamides is 1. The van der Waals surface area contributed by atoms with E-state index in [1.807, 2.05) is 6.07 Å². The highest BCUT2D eigenvalue weighted by Gasteiger charge is 2.28. The van der Waals surface area contributed by atoms with Crippen molar-refractivity contribution in [1.29, 1.82) is 0 Å². The number of rotatable bonds is 8. The molecule has 0 atom stereocenters. The van der Waals surface area contributed by atoms with Gasteiger partial charge in [0.25, 0.3) is 5.91 Å². The van der Waals surface area contributed by atoms with Crippen LogP contribution < -0.4 is 14.5 Å². The van der Waals surface area contributed by atoms with Crippen LogP contribution in [-0.4, -0.2) is 70.8 Å². The van der Waals surface area contributed by atoms with Gasteiger partial charge in [-0.3, -0.25) is 14.0 Å². The lowest BCUT2D eigenvalue weighted by atomic mass is 10.1. The molecular weight excluding hydrogens is 424 g/mol. The smallest absolute Gasteiger partial charge is 0.251 e. The van der Waals surface area contributed by atoms with Crippen LogP contribution in [0.15, 0.2) is 54.6 Å². The normalized spacial score (nSPS) is 18.6. The van der Waals surface area contributed by atoms with Gasteiger partial charge < -0.3 is 10.2 Å². The summed E-state index contributed by atoms with van der Waals surface area (Å²) in [7, 11) is -3.24. The Labute approximate surface area is 191 Å². The first-order valence-corrected chi connectivity index (χ1v) is 13.0. The molecule has 7 nitrogen and oxygen atoms in total. The highest BCUT2D eigenvalue weighted by atomic mass is 32.2. The van der Waals surface area contributed by atoms with Gasteiger partial charge in [0.1, 0.15) is 0 Å². The summed E-state index contributed by atoms with van der Waals surface area (Å²) in [6, 6.07) is 17.4. The SMILES string of the molecule is O=C(NCCCCN1CCN(c2ccccc2)CC1)c1cccc(N2CCCS2(=O)=O)c1. The van der Waals surface area contributed by atoms with E-state index >= 15 is 0 Å². The van der Waals surface area contributed by atoms with E-state index in [1.54, 1.807) is 24.3 Å². The molecule has 0 aromatic heterocycles. The topological polar surface area (TPSA) is 73.0 Å². The van der Waals surface area contributed by atoms with Crippen molar-refractivity contribution in [2.45, 2.75) is 19.3 Å². The highest BCUT2D eigenvalue weighted by Crippen LogP contribution is 2.24. The summed E-state index contributed by atoms with van der Waals surface area (Å²) >= 11 is 0. The number of nitrogens with one attached hydrogen (secondary N) is 1. The predicted octanol–water partition coefficient (Wildman–Crippen LogP) is 2.56. The van der Waals surface area contributed by atoms with Crippen LogP contribution in [0.3, 0.4) is 0 Å². The molecule has 2 saturated heterocycles. The number of hydrogen-bond donors (Lipinski definition) is 1. The van der Waals surface area contributed by atoms with Gasteiger partial charge in [-0.25, -0.2) is 8.42 Å². The molecular formula is C24H32N4O3S.